The van der Waals surface area contributed by atoms with E-state index in [1.807, 2.05) is 31.2 Å². The molecule has 1 aromatic heterocycles. The highest BCUT2D eigenvalue weighted by Crippen LogP contribution is 2.19. The van der Waals surface area contributed by atoms with Crippen LogP contribution >= 0.6 is 12.2 Å². The lowest BCUT2D eigenvalue weighted by molar-refractivity contribution is -0.857. The van der Waals surface area contributed by atoms with E-state index < -0.39 is 0 Å². The van der Waals surface area contributed by atoms with Gasteiger partial charge in [0, 0.05) is 22.5 Å². The molecule has 28 heavy (non-hydrogen) atoms. The highest BCUT2D eigenvalue weighted by Gasteiger charge is 2.16. The van der Waals surface area contributed by atoms with Gasteiger partial charge in [0.25, 0.3) is 5.56 Å². The van der Waals surface area contributed by atoms with Gasteiger partial charge in [0.2, 0.25) is 0 Å². The van der Waals surface area contributed by atoms with Crippen LogP contribution in [0.4, 0.5) is 0 Å². The molecule has 0 radical (unpaired) electrons. The predicted molar refractivity (Wildman–Crippen MR) is 119 cm³/mol. The van der Waals surface area contributed by atoms with Crippen LogP contribution in [-0.2, 0) is 6.54 Å². The zero-order valence-corrected chi connectivity index (χ0v) is 18.4. The number of pyridine rings is 1. The first-order chi connectivity index (χ1) is 13.3. The molecule has 7 heteroatoms. The second-order valence-corrected chi connectivity index (χ2v) is 7.83. The van der Waals surface area contributed by atoms with E-state index in [-0.39, 0.29) is 5.56 Å². The van der Waals surface area contributed by atoms with E-state index in [1.165, 1.54) is 4.90 Å². The molecule has 0 saturated heterocycles. The number of aromatic nitrogens is 1. The minimum atomic E-state index is -0.0785. The highest BCUT2D eigenvalue weighted by atomic mass is 32.1. The second-order valence-electron chi connectivity index (χ2n) is 7.44. The van der Waals surface area contributed by atoms with Gasteiger partial charge in [0.15, 0.2) is 5.11 Å². The monoisotopic (exact) mass is 405 g/mol. The van der Waals surface area contributed by atoms with E-state index in [0.717, 1.165) is 36.2 Å². The summed E-state index contributed by atoms with van der Waals surface area (Å²) in [6.45, 7) is 8.98. The Morgan fingerprint density at radius 2 is 2.07 bits per heavy atom. The third-order valence-corrected chi connectivity index (χ3v) is 5.09. The maximum Gasteiger partial charge on any atom is 0.253 e. The van der Waals surface area contributed by atoms with E-state index in [4.69, 9.17) is 17.0 Å². The topological polar surface area (TPSA) is 61.8 Å². The zero-order valence-electron chi connectivity index (χ0n) is 17.6. The zero-order chi connectivity index (χ0) is 20.7. The van der Waals surface area contributed by atoms with Gasteiger partial charge in [0.05, 0.1) is 40.3 Å². The van der Waals surface area contributed by atoms with Gasteiger partial charge in [0.1, 0.15) is 5.75 Å². The average Bonchev–Trinajstić information content (AvgIpc) is 2.65. The second kappa shape index (κ2) is 10.4. The molecule has 3 N–H and O–H groups in total. The average molecular weight is 406 g/mol. The lowest BCUT2D eigenvalue weighted by Crippen LogP contribution is -3.06. The quantitative estimate of drug-likeness (QED) is 0.553. The van der Waals surface area contributed by atoms with E-state index >= 15 is 0 Å². The van der Waals surface area contributed by atoms with Crippen LogP contribution in [0, 0.1) is 0 Å². The molecular weight excluding hydrogens is 372 g/mol. The van der Waals surface area contributed by atoms with E-state index in [2.05, 4.69) is 43.1 Å². The molecule has 1 heterocycles. The fraction of sp³-hybridized carbons (Fsp3) is 0.524. The molecule has 0 saturated carbocycles. The molecule has 154 valence electrons. The highest BCUT2D eigenvalue weighted by molar-refractivity contribution is 7.80. The number of fused-ring (bicyclic) bond motifs is 1. The van der Waals surface area contributed by atoms with Crippen molar-refractivity contribution in [2.75, 3.05) is 33.8 Å². The number of aromatic amines is 1. The summed E-state index contributed by atoms with van der Waals surface area (Å²) in [4.78, 5) is 19.0. The lowest BCUT2D eigenvalue weighted by atomic mass is 10.1. The van der Waals surface area contributed by atoms with Gasteiger partial charge in [-0.2, -0.15) is 0 Å². The molecule has 0 spiro atoms. The van der Waals surface area contributed by atoms with E-state index in [0.29, 0.717) is 29.9 Å². The summed E-state index contributed by atoms with van der Waals surface area (Å²) in [7, 11) is 4.23. The fourth-order valence-electron chi connectivity index (χ4n) is 2.82. The summed E-state index contributed by atoms with van der Waals surface area (Å²) >= 11 is 5.64. The first-order valence-corrected chi connectivity index (χ1v) is 10.4. The van der Waals surface area contributed by atoms with Crippen molar-refractivity contribution in [2.45, 2.75) is 39.8 Å². The summed E-state index contributed by atoms with van der Waals surface area (Å²) in [6, 6.07) is 7.96. The van der Waals surface area contributed by atoms with Gasteiger partial charge in [-0.05, 0) is 56.8 Å². The molecule has 0 bridgehead atoms. The van der Waals surface area contributed by atoms with Crippen molar-refractivity contribution in [1.29, 1.82) is 0 Å². The number of H-pyrrole nitrogens is 1. The number of thiocarbonyl (C=S) groups is 1. The van der Waals surface area contributed by atoms with Crippen LogP contribution in [0.2, 0.25) is 0 Å². The lowest BCUT2D eigenvalue weighted by Gasteiger charge is -2.28. The first kappa shape index (κ1) is 22.2. The van der Waals surface area contributed by atoms with Crippen LogP contribution in [0.5, 0.6) is 5.75 Å². The van der Waals surface area contributed by atoms with Gasteiger partial charge in [-0.1, -0.05) is 6.92 Å². The predicted octanol–water partition coefficient (Wildman–Crippen LogP) is 1.55. The summed E-state index contributed by atoms with van der Waals surface area (Å²) in [5.41, 5.74) is 1.43. The van der Waals surface area contributed by atoms with Crippen LogP contribution in [0.25, 0.3) is 10.9 Å². The largest absolute Gasteiger partial charge is 0.494 e. The molecule has 0 aliphatic heterocycles. The summed E-state index contributed by atoms with van der Waals surface area (Å²) < 4.78 is 5.59. The minimum absolute atomic E-state index is 0.0785. The Morgan fingerprint density at radius 1 is 1.32 bits per heavy atom. The summed E-state index contributed by atoms with van der Waals surface area (Å²) in [5, 5.41) is 5.02. The van der Waals surface area contributed by atoms with Gasteiger partial charge in [-0.25, -0.2) is 0 Å². The Kier molecular flexibility index (Phi) is 8.26. The maximum absolute atomic E-state index is 12.6. The Balaban J connectivity index is 2.29. The fourth-order valence-corrected chi connectivity index (χ4v) is 3.18. The Hall–Kier alpha value is -2.12. The molecule has 0 amide bonds. The number of nitrogens with one attached hydrogen (secondary N) is 3. The van der Waals surface area contributed by atoms with Gasteiger partial charge in [-0.15, -0.1) is 0 Å². The SMILES string of the molecule is CCOc1ccc2[nH]c(=O)c(CN(CC[NH+](C)C)C(=S)N[C@H](C)CC)cc2c1. The molecule has 0 aliphatic rings. The molecule has 2 rings (SSSR count). The Bertz CT molecular complexity index is 850. The minimum Gasteiger partial charge on any atom is -0.494 e. The number of rotatable bonds is 9. The molecule has 0 fully saturated rings. The van der Waals surface area contributed by atoms with Gasteiger partial charge in [-0.3, -0.25) is 4.79 Å². The third-order valence-electron chi connectivity index (χ3n) is 4.72. The molecule has 1 aromatic carbocycles. The Labute approximate surface area is 172 Å². The van der Waals surface area contributed by atoms with Crippen molar-refractivity contribution < 1.29 is 9.64 Å². The molecule has 0 unspecified atom stereocenters. The standard InChI is InChI=1S/C21H32N4O2S/c1-6-15(3)22-21(28)25(11-10-24(4)5)14-17-12-16-13-18(27-7-2)8-9-19(16)23-20(17)26/h8-9,12-13,15H,6-7,10-11,14H2,1-5H3,(H,22,28)(H,23,26)/p+1/t15-/m1/s1. The number of quaternary nitrogens is 1. The van der Waals surface area contributed by atoms with Gasteiger partial charge < -0.3 is 24.8 Å². The van der Waals surface area contributed by atoms with Crippen molar-refractivity contribution in [2.24, 2.45) is 0 Å². The third kappa shape index (κ3) is 6.21. The van der Waals surface area contributed by atoms with Gasteiger partial charge >= 0.3 is 0 Å². The van der Waals surface area contributed by atoms with Crippen molar-refractivity contribution in [3.8, 4) is 5.75 Å². The summed E-state index contributed by atoms with van der Waals surface area (Å²) in [5.74, 6) is 0.801. The number of benzene rings is 1. The van der Waals surface area contributed by atoms with Crippen LogP contribution in [-0.4, -0.2) is 54.8 Å². The van der Waals surface area contributed by atoms with Crippen molar-refractivity contribution in [3.05, 3.63) is 40.2 Å². The van der Waals surface area contributed by atoms with Crippen LogP contribution in [0.1, 0.15) is 32.8 Å². The number of hydrogen-bond acceptors (Lipinski definition) is 3. The number of nitrogens with zero attached hydrogens (tertiary/aromatic N) is 1. The number of hydrogen-bond donors (Lipinski definition) is 3. The van der Waals surface area contributed by atoms with Crippen molar-refractivity contribution >= 4 is 28.2 Å². The van der Waals surface area contributed by atoms with E-state index in [1.54, 1.807) is 0 Å². The molecular formula is C21H33N4O2S+. The summed E-state index contributed by atoms with van der Waals surface area (Å²) in [6.07, 6.45) is 0.990. The van der Waals surface area contributed by atoms with E-state index in [9.17, 15) is 4.79 Å². The van der Waals surface area contributed by atoms with Crippen LogP contribution < -0.4 is 20.5 Å². The first-order valence-electron chi connectivity index (χ1n) is 9.97. The van der Waals surface area contributed by atoms with Crippen molar-refractivity contribution in [3.63, 3.8) is 0 Å². The van der Waals surface area contributed by atoms with Crippen LogP contribution in [0.15, 0.2) is 29.1 Å². The molecule has 1 atom stereocenters. The smallest absolute Gasteiger partial charge is 0.253 e. The number of likely N-dealkylation sites (N-methyl/N-ethyl adjacent to an activating group) is 1. The van der Waals surface area contributed by atoms with Crippen LogP contribution in [0.3, 0.4) is 0 Å². The molecule has 0 aliphatic carbocycles. The van der Waals surface area contributed by atoms with Crippen molar-refractivity contribution in [1.82, 2.24) is 15.2 Å². The normalized spacial score (nSPS) is 12.2. The molecule has 2 aromatic rings. The maximum atomic E-state index is 12.6. The number of ether oxygens (including phenoxy) is 1. The Morgan fingerprint density at radius 3 is 2.71 bits per heavy atom. The molecule has 6 nitrogen and oxygen atoms in total.